The summed E-state index contributed by atoms with van der Waals surface area (Å²) in [6, 6.07) is 1.25. The lowest BCUT2D eigenvalue weighted by Gasteiger charge is -2.27. The molecule has 0 unspecified atom stereocenters. The quantitative estimate of drug-likeness (QED) is 0.465. The van der Waals surface area contributed by atoms with Crippen molar-refractivity contribution in [2.45, 2.75) is 25.3 Å². The van der Waals surface area contributed by atoms with E-state index >= 15 is 0 Å². The zero-order valence-corrected chi connectivity index (χ0v) is 6.25. The third-order valence-electron chi connectivity index (χ3n) is 2.58. The topological polar surface area (TPSA) is 35.5 Å². The van der Waals surface area contributed by atoms with Crippen LogP contribution in [0.15, 0.2) is 0 Å². The molecule has 2 atom stereocenters. The Labute approximate surface area is 61.5 Å². The van der Waals surface area contributed by atoms with Crippen LogP contribution in [0.1, 0.15) is 6.42 Å². The monoisotopic (exact) mass is 140 g/mol. The van der Waals surface area contributed by atoms with Crippen molar-refractivity contribution in [3.8, 4) is 0 Å². The van der Waals surface area contributed by atoms with Crippen molar-refractivity contribution in [1.82, 2.24) is 10.1 Å². The minimum absolute atomic E-state index is 0.253. The van der Waals surface area contributed by atoms with Crippen LogP contribution in [0.4, 0.5) is 0 Å². The Morgan fingerprint density at radius 2 is 2.50 bits per heavy atom. The first-order valence-corrected chi connectivity index (χ1v) is 3.94. The Kier molecular flexibility index (Phi) is 1.48. The molecule has 10 heavy (non-hydrogen) atoms. The third kappa shape index (κ3) is 0.874. The summed E-state index contributed by atoms with van der Waals surface area (Å²) in [5, 5.41) is 12.7. The second-order valence-corrected chi connectivity index (χ2v) is 3.32. The lowest BCUT2D eigenvalue weighted by molar-refractivity contribution is 0.312. The summed E-state index contributed by atoms with van der Waals surface area (Å²) in [5.41, 5.74) is 0. The van der Waals surface area contributed by atoms with E-state index in [4.69, 9.17) is 0 Å². The Bertz CT molecular complexity index is 142. The molecule has 0 aliphatic carbocycles. The fourth-order valence-electron chi connectivity index (χ4n) is 2.05. The molecule has 2 aliphatic heterocycles. The van der Waals surface area contributed by atoms with Crippen molar-refractivity contribution in [2.75, 3.05) is 13.1 Å². The minimum Gasteiger partial charge on any atom is -0.437 e. The maximum Gasteiger partial charge on any atom is 0.376 e. The summed E-state index contributed by atoms with van der Waals surface area (Å²) >= 11 is 0. The van der Waals surface area contributed by atoms with Gasteiger partial charge in [0.2, 0.25) is 0 Å². The van der Waals surface area contributed by atoms with Crippen LogP contribution in [0.25, 0.3) is 0 Å². The number of nitrogens with one attached hydrogen (secondary N) is 1. The predicted octanol–water partition coefficient (Wildman–Crippen LogP) is -0.857. The van der Waals surface area contributed by atoms with Gasteiger partial charge in [0.05, 0.1) is 0 Å². The van der Waals surface area contributed by atoms with E-state index in [1.807, 2.05) is 6.82 Å². The van der Waals surface area contributed by atoms with E-state index in [1.54, 1.807) is 0 Å². The van der Waals surface area contributed by atoms with Crippen molar-refractivity contribution in [3.63, 3.8) is 0 Å². The van der Waals surface area contributed by atoms with E-state index in [1.165, 1.54) is 6.42 Å². The van der Waals surface area contributed by atoms with E-state index in [-0.39, 0.29) is 7.05 Å². The summed E-state index contributed by atoms with van der Waals surface area (Å²) in [6.45, 7) is 3.94. The van der Waals surface area contributed by atoms with Crippen LogP contribution in [-0.2, 0) is 0 Å². The molecule has 56 valence electrons. The molecule has 2 fully saturated rings. The second-order valence-electron chi connectivity index (χ2n) is 3.32. The number of nitrogens with zero attached hydrogens (tertiary/aromatic N) is 1. The Morgan fingerprint density at radius 1 is 1.70 bits per heavy atom. The molecular weight excluding hydrogens is 127 g/mol. The molecule has 2 rings (SSSR count). The summed E-state index contributed by atoms with van der Waals surface area (Å²) in [7, 11) is -0.253. The molecule has 4 heteroatoms. The fourth-order valence-corrected chi connectivity index (χ4v) is 2.05. The molecule has 2 bridgehead atoms. The van der Waals surface area contributed by atoms with Crippen molar-refractivity contribution in [2.24, 2.45) is 0 Å². The van der Waals surface area contributed by atoms with E-state index in [2.05, 4.69) is 10.1 Å². The van der Waals surface area contributed by atoms with Gasteiger partial charge in [-0.2, -0.15) is 0 Å². The largest absolute Gasteiger partial charge is 0.437 e. The maximum atomic E-state index is 9.27. The smallest absolute Gasteiger partial charge is 0.376 e. The van der Waals surface area contributed by atoms with Crippen LogP contribution in [0.2, 0.25) is 6.82 Å². The Morgan fingerprint density at radius 3 is 2.80 bits per heavy atom. The number of hydrogen-bond acceptors (Lipinski definition) is 3. The highest BCUT2D eigenvalue weighted by molar-refractivity contribution is 6.45. The molecule has 0 aromatic carbocycles. The highest BCUT2D eigenvalue weighted by Crippen LogP contribution is 2.23. The molecule has 0 radical (unpaired) electrons. The van der Waals surface area contributed by atoms with Gasteiger partial charge in [-0.05, 0) is 13.2 Å². The number of hydrogen-bond donors (Lipinski definition) is 2. The van der Waals surface area contributed by atoms with E-state index in [0.29, 0.717) is 12.1 Å². The van der Waals surface area contributed by atoms with Crippen molar-refractivity contribution >= 4 is 7.05 Å². The molecule has 2 saturated heterocycles. The van der Waals surface area contributed by atoms with E-state index in [0.717, 1.165) is 13.1 Å². The van der Waals surface area contributed by atoms with Gasteiger partial charge in [-0.15, -0.1) is 0 Å². The first kappa shape index (κ1) is 6.64. The second kappa shape index (κ2) is 2.22. The van der Waals surface area contributed by atoms with Crippen molar-refractivity contribution in [3.05, 3.63) is 0 Å². The van der Waals surface area contributed by atoms with E-state index < -0.39 is 0 Å². The number of piperazine rings is 1. The third-order valence-corrected chi connectivity index (χ3v) is 2.58. The van der Waals surface area contributed by atoms with Crippen LogP contribution in [0.3, 0.4) is 0 Å². The zero-order valence-electron chi connectivity index (χ0n) is 6.25. The van der Waals surface area contributed by atoms with Gasteiger partial charge >= 0.3 is 7.05 Å². The summed E-state index contributed by atoms with van der Waals surface area (Å²) < 4.78 is 0. The molecule has 2 N–H and O–H groups in total. The highest BCUT2D eigenvalue weighted by atomic mass is 16.2. The zero-order chi connectivity index (χ0) is 7.14. The van der Waals surface area contributed by atoms with Gasteiger partial charge in [-0.25, -0.2) is 0 Å². The van der Waals surface area contributed by atoms with Crippen LogP contribution in [0.5, 0.6) is 0 Å². The fraction of sp³-hybridized carbons (Fsp3) is 1.00. The molecule has 0 amide bonds. The molecule has 2 aliphatic rings. The van der Waals surface area contributed by atoms with Gasteiger partial charge in [0.25, 0.3) is 0 Å². The summed E-state index contributed by atoms with van der Waals surface area (Å²) in [6.07, 6.45) is 1.23. The van der Waals surface area contributed by atoms with Crippen molar-refractivity contribution in [1.29, 1.82) is 0 Å². The van der Waals surface area contributed by atoms with Gasteiger partial charge in [0.15, 0.2) is 0 Å². The molecule has 0 spiro atoms. The number of fused-ring (bicyclic) bond motifs is 2. The van der Waals surface area contributed by atoms with Gasteiger partial charge in [-0.1, -0.05) is 0 Å². The summed E-state index contributed by atoms with van der Waals surface area (Å²) in [4.78, 5) is 2.17. The SMILES string of the molecule is CB(O)N1C[C@H]2C[C@@H]1CN2. The first-order chi connectivity index (χ1) is 4.77. The van der Waals surface area contributed by atoms with Gasteiger partial charge < -0.3 is 15.2 Å². The normalized spacial score (nSPS) is 39.0. The standard InChI is InChI=1S/C6H13BN2O/c1-7(10)9-4-5-2-6(9)3-8-5/h5-6,8,10H,2-4H2,1H3/t5-,6-/m1/s1. The Hall–Kier alpha value is -0.0551. The lowest BCUT2D eigenvalue weighted by atomic mass is 9.84. The van der Waals surface area contributed by atoms with Gasteiger partial charge in [-0.3, -0.25) is 0 Å². The molecule has 0 aromatic heterocycles. The van der Waals surface area contributed by atoms with Crippen molar-refractivity contribution < 1.29 is 5.02 Å². The lowest BCUT2D eigenvalue weighted by Crippen LogP contribution is -2.49. The van der Waals surface area contributed by atoms with Crippen LogP contribution < -0.4 is 5.32 Å². The molecule has 2 heterocycles. The minimum atomic E-state index is -0.253. The van der Waals surface area contributed by atoms with Crippen LogP contribution in [0, 0.1) is 0 Å². The molecule has 0 aromatic rings. The van der Waals surface area contributed by atoms with Gasteiger partial charge in [0.1, 0.15) is 0 Å². The Balaban J connectivity index is 2.02. The average molecular weight is 140 g/mol. The first-order valence-electron chi connectivity index (χ1n) is 3.94. The van der Waals surface area contributed by atoms with Gasteiger partial charge in [0, 0.05) is 25.2 Å². The predicted molar refractivity (Wildman–Crippen MR) is 40.7 cm³/mol. The molecule has 3 nitrogen and oxygen atoms in total. The number of rotatable bonds is 1. The van der Waals surface area contributed by atoms with Crippen LogP contribution >= 0.6 is 0 Å². The van der Waals surface area contributed by atoms with Crippen LogP contribution in [-0.4, -0.2) is 42.1 Å². The molecular formula is C6H13BN2O. The van der Waals surface area contributed by atoms with E-state index in [9.17, 15) is 5.02 Å². The molecule has 0 saturated carbocycles. The summed E-state index contributed by atoms with van der Waals surface area (Å²) in [5.74, 6) is 0. The maximum absolute atomic E-state index is 9.27. The average Bonchev–Trinajstić information content (AvgIpc) is 2.44. The highest BCUT2D eigenvalue weighted by Gasteiger charge is 2.40.